The molecule has 0 radical (unpaired) electrons. The number of benzene rings is 2. The van der Waals surface area contributed by atoms with Crippen molar-refractivity contribution in [2.45, 2.75) is 64.9 Å². The molecule has 38 heavy (non-hydrogen) atoms. The fourth-order valence-corrected chi connectivity index (χ4v) is 5.73. The molecule has 202 valence electrons. The third-order valence-corrected chi connectivity index (χ3v) is 7.64. The second kappa shape index (κ2) is 13.1. The van der Waals surface area contributed by atoms with Crippen molar-refractivity contribution < 1.29 is 14.2 Å². The molecule has 4 heteroatoms. The molecule has 1 saturated heterocycles. The van der Waals surface area contributed by atoms with E-state index in [0.29, 0.717) is 18.1 Å². The molecule has 1 unspecified atom stereocenters. The third-order valence-electron chi connectivity index (χ3n) is 7.64. The number of hydrogen-bond acceptors (Lipinski definition) is 3. The lowest BCUT2D eigenvalue weighted by Gasteiger charge is -2.20. The summed E-state index contributed by atoms with van der Waals surface area (Å²) in [7, 11) is 0. The van der Waals surface area contributed by atoms with Crippen molar-refractivity contribution in [3.63, 3.8) is 0 Å². The second-order valence-electron chi connectivity index (χ2n) is 10.7. The van der Waals surface area contributed by atoms with E-state index in [1.54, 1.807) is 6.07 Å². The van der Waals surface area contributed by atoms with Crippen molar-refractivity contribution in [2.75, 3.05) is 26.3 Å². The predicted octanol–water partition coefficient (Wildman–Crippen LogP) is 8.23. The summed E-state index contributed by atoms with van der Waals surface area (Å²) in [6.07, 6.45) is 10.6. The van der Waals surface area contributed by atoms with Crippen LogP contribution in [0.15, 0.2) is 78.6 Å². The van der Waals surface area contributed by atoms with E-state index in [0.717, 1.165) is 73.3 Å². The van der Waals surface area contributed by atoms with Crippen molar-refractivity contribution in [2.24, 2.45) is 0 Å². The molecule has 2 aliphatic rings. The van der Waals surface area contributed by atoms with Gasteiger partial charge >= 0.3 is 0 Å². The summed E-state index contributed by atoms with van der Waals surface area (Å²) in [6.45, 7) is 13.3. The standard InChI is InChI=1S/C34H42FNO2/c1-5-28(38-29-18-21-36(23-29)20-9-19-35)16-14-25(4)34-31-17-15-27(37)22-26(31)10-8-13-33(34)32-12-7-6-11-30(32)24(2)3/h5-7,11-12,14-17,22,24,29,37H,4,8-10,13,18-21,23H2,1-3H3/b16-14-,28-5+. The highest BCUT2D eigenvalue weighted by molar-refractivity contribution is 6.01. The van der Waals surface area contributed by atoms with Crippen molar-refractivity contribution in [1.29, 1.82) is 0 Å². The first-order valence-electron chi connectivity index (χ1n) is 14.0. The quantitative estimate of drug-likeness (QED) is 0.255. The maximum Gasteiger partial charge on any atom is 0.115 e. The maximum atomic E-state index is 12.6. The van der Waals surface area contributed by atoms with Crippen LogP contribution in [0.2, 0.25) is 0 Å². The first-order chi connectivity index (χ1) is 18.4. The van der Waals surface area contributed by atoms with Gasteiger partial charge in [-0.1, -0.05) is 56.8 Å². The molecular formula is C34H42FNO2. The van der Waals surface area contributed by atoms with E-state index in [9.17, 15) is 9.50 Å². The van der Waals surface area contributed by atoms with Crippen molar-refractivity contribution >= 4 is 11.1 Å². The monoisotopic (exact) mass is 515 g/mol. The molecule has 1 N–H and O–H groups in total. The van der Waals surface area contributed by atoms with Crippen LogP contribution in [0, 0.1) is 0 Å². The normalized spacial score (nSPS) is 18.8. The number of rotatable bonds is 10. The van der Waals surface area contributed by atoms with E-state index >= 15 is 0 Å². The van der Waals surface area contributed by atoms with Gasteiger partial charge < -0.3 is 9.84 Å². The van der Waals surface area contributed by atoms with E-state index < -0.39 is 0 Å². The van der Waals surface area contributed by atoms with Crippen LogP contribution < -0.4 is 0 Å². The second-order valence-corrected chi connectivity index (χ2v) is 10.7. The van der Waals surface area contributed by atoms with Gasteiger partial charge in [-0.15, -0.1) is 0 Å². The van der Waals surface area contributed by atoms with Gasteiger partial charge in [0.2, 0.25) is 0 Å². The number of nitrogens with zero attached hydrogens (tertiary/aromatic N) is 1. The molecule has 0 aromatic heterocycles. The Bertz CT molecular complexity index is 1220. The molecule has 3 nitrogen and oxygen atoms in total. The SMILES string of the molecule is C=C(/C=C\C(=C/C)OC1CCN(CCCF)C1)C1=C(c2ccccc2C(C)C)CCCc2cc(O)ccc21. The molecule has 2 aromatic rings. The van der Waals surface area contributed by atoms with Gasteiger partial charge in [-0.3, -0.25) is 9.29 Å². The minimum Gasteiger partial charge on any atom is -0.508 e. The average molecular weight is 516 g/mol. The molecule has 1 atom stereocenters. The van der Waals surface area contributed by atoms with Crippen LogP contribution in [0.25, 0.3) is 11.1 Å². The van der Waals surface area contributed by atoms with Gasteiger partial charge in [0.25, 0.3) is 0 Å². The molecular weight excluding hydrogens is 473 g/mol. The third kappa shape index (κ3) is 6.66. The molecule has 1 fully saturated rings. The predicted molar refractivity (Wildman–Crippen MR) is 157 cm³/mol. The number of fused-ring (bicyclic) bond motifs is 1. The van der Waals surface area contributed by atoms with Gasteiger partial charge in [-0.25, -0.2) is 0 Å². The van der Waals surface area contributed by atoms with E-state index in [-0.39, 0.29) is 12.8 Å². The van der Waals surface area contributed by atoms with Gasteiger partial charge in [0, 0.05) is 19.6 Å². The number of allylic oxidation sites excluding steroid dienone is 6. The number of alkyl halides is 1. The minimum absolute atomic E-state index is 0.119. The Morgan fingerprint density at radius 3 is 2.74 bits per heavy atom. The van der Waals surface area contributed by atoms with Gasteiger partial charge in [0.1, 0.15) is 17.6 Å². The van der Waals surface area contributed by atoms with Crippen LogP contribution in [0.1, 0.15) is 74.6 Å². The van der Waals surface area contributed by atoms with Crippen LogP contribution in [0.3, 0.4) is 0 Å². The lowest BCUT2D eigenvalue weighted by Crippen LogP contribution is -2.24. The summed E-state index contributed by atoms with van der Waals surface area (Å²) in [4.78, 5) is 2.28. The Labute approximate surface area is 228 Å². The molecule has 0 bridgehead atoms. The summed E-state index contributed by atoms with van der Waals surface area (Å²) < 4.78 is 18.9. The Balaban J connectivity index is 1.66. The molecule has 0 spiro atoms. The van der Waals surface area contributed by atoms with E-state index in [1.165, 1.54) is 16.7 Å². The van der Waals surface area contributed by atoms with Crippen molar-refractivity contribution in [3.05, 3.63) is 101 Å². The highest BCUT2D eigenvalue weighted by Gasteiger charge is 2.24. The van der Waals surface area contributed by atoms with Crippen molar-refractivity contribution in [1.82, 2.24) is 4.90 Å². The fraction of sp³-hybridized carbons (Fsp3) is 0.412. The summed E-state index contributed by atoms with van der Waals surface area (Å²) in [5.41, 5.74) is 8.33. The highest BCUT2D eigenvalue weighted by atomic mass is 19.1. The molecule has 1 aliphatic carbocycles. The first kappa shape index (κ1) is 27.9. The lowest BCUT2D eigenvalue weighted by atomic mass is 9.84. The zero-order valence-corrected chi connectivity index (χ0v) is 23.2. The molecule has 0 amide bonds. The van der Waals surface area contributed by atoms with Gasteiger partial charge in [0.15, 0.2) is 0 Å². The molecule has 4 rings (SSSR count). The van der Waals surface area contributed by atoms with E-state index in [1.807, 2.05) is 31.2 Å². The molecule has 2 aromatic carbocycles. The number of aromatic hydroxyl groups is 1. The number of hydrogen-bond donors (Lipinski definition) is 1. The van der Waals surface area contributed by atoms with Crippen molar-refractivity contribution in [3.8, 4) is 5.75 Å². The molecule has 1 aliphatic heterocycles. The number of likely N-dealkylation sites (tertiary alicyclic amines) is 1. The summed E-state index contributed by atoms with van der Waals surface area (Å²) in [5.74, 6) is 1.54. The number of aryl methyl sites for hydroxylation is 1. The van der Waals surface area contributed by atoms with Crippen LogP contribution >= 0.6 is 0 Å². The summed E-state index contributed by atoms with van der Waals surface area (Å²) >= 11 is 0. The highest BCUT2D eigenvalue weighted by Crippen LogP contribution is 2.42. The van der Waals surface area contributed by atoms with Gasteiger partial charge in [-0.05, 0) is 108 Å². The Morgan fingerprint density at radius 2 is 1.97 bits per heavy atom. The largest absolute Gasteiger partial charge is 0.508 e. The zero-order chi connectivity index (χ0) is 27.1. The van der Waals surface area contributed by atoms with E-state index in [2.05, 4.69) is 55.7 Å². The van der Waals surface area contributed by atoms with Crippen LogP contribution in [-0.4, -0.2) is 42.4 Å². The van der Waals surface area contributed by atoms with E-state index in [4.69, 9.17) is 4.74 Å². The lowest BCUT2D eigenvalue weighted by molar-refractivity contribution is 0.128. The minimum atomic E-state index is -0.269. The topological polar surface area (TPSA) is 32.7 Å². The maximum absolute atomic E-state index is 12.6. The Hall–Kier alpha value is -3.11. The summed E-state index contributed by atoms with van der Waals surface area (Å²) in [5, 5.41) is 10.2. The fourth-order valence-electron chi connectivity index (χ4n) is 5.73. The van der Waals surface area contributed by atoms with Crippen LogP contribution in [0.4, 0.5) is 4.39 Å². The van der Waals surface area contributed by atoms with Gasteiger partial charge in [0.05, 0.1) is 6.67 Å². The summed E-state index contributed by atoms with van der Waals surface area (Å²) in [6, 6.07) is 14.4. The molecule has 1 heterocycles. The van der Waals surface area contributed by atoms with Gasteiger partial charge in [-0.2, -0.15) is 0 Å². The first-order valence-corrected chi connectivity index (χ1v) is 14.0. The number of phenols is 1. The molecule has 0 saturated carbocycles. The Kier molecular flexibility index (Phi) is 9.63. The van der Waals surface area contributed by atoms with Crippen LogP contribution in [-0.2, 0) is 11.2 Å². The smallest absolute Gasteiger partial charge is 0.115 e. The number of halogens is 1. The average Bonchev–Trinajstić information content (AvgIpc) is 3.28. The Morgan fingerprint density at radius 1 is 1.16 bits per heavy atom. The zero-order valence-electron chi connectivity index (χ0n) is 23.2. The van der Waals surface area contributed by atoms with Crippen LogP contribution in [0.5, 0.6) is 5.75 Å². The number of ether oxygens (including phenoxy) is 1. The number of phenolic OH excluding ortho intramolecular Hbond substituents is 1.